The molecule has 0 aromatic carbocycles. The summed E-state index contributed by atoms with van der Waals surface area (Å²) in [4.78, 5) is 14.4. The van der Waals surface area contributed by atoms with E-state index in [4.69, 9.17) is 4.74 Å². The second kappa shape index (κ2) is 5.96. The smallest absolute Gasteiger partial charge is 0.141 e. The molecule has 3 heteroatoms. The minimum absolute atomic E-state index is 0.193. The number of carbonyl (C=O) groups excluding carboxylic acids is 1. The molecule has 0 spiro atoms. The zero-order valence-corrected chi connectivity index (χ0v) is 12.0. The largest absolute Gasteiger partial charge is 0.363 e. The highest BCUT2D eigenvalue weighted by atomic mass is 16.5. The Balaban J connectivity index is 2.33. The SMILES string of the molecule is CC(C)OCN1CCC(C(=O)C(C)(C)C)CC1. The van der Waals surface area contributed by atoms with Crippen molar-refractivity contribution in [3.63, 3.8) is 0 Å². The Morgan fingerprint density at radius 3 is 2.24 bits per heavy atom. The van der Waals surface area contributed by atoms with Gasteiger partial charge in [-0.2, -0.15) is 0 Å². The Labute approximate surface area is 106 Å². The van der Waals surface area contributed by atoms with Crippen LogP contribution >= 0.6 is 0 Å². The average Bonchev–Trinajstić information content (AvgIpc) is 2.25. The van der Waals surface area contributed by atoms with Crippen molar-refractivity contribution in [1.29, 1.82) is 0 Å². The van der Waals surface area contributed by atoms with E-state index in [-0.39, 0.29) is 17.4 Å². The minimum Gasteiger partial charge on any atom is -0.363 e. The van der Waals surface area contributed by atoms with Gasteiger partial charge in [0.05, 0.1) is 12.8 Å². The lowest BCUT2D eigenvalue weighted by Crippen LogP contribution is -2.40. The molecule has 1 aliphatic heterocycles. The average molecular weight is 241 g/mol. The summed E-state index contributed by atoms with van der Waals surface area (Å²) in [6, 6.07) is 0. The van der Waals surface area contributed by atoms with Crippen molar-refractivity contribution < 1.29 is 9.53 Å². The van der Waals surface area contributed by atoms with Gasteiger partial charge >= 0.3 is 0 Å². The van der Waals surface area contributed by atoms with Crippen LogP contribution < -0.4 is 0 Å². The molecular formula is C14H27NO2. The van der Waals surface area contributed by atoms with Gasteiger partial charge < -0.3 is 4.74 Å². The van der Waals surface area contributed by atoms with Gasteiger partial charge in [-0.3, -0.25) is 9.69 Å². The van der Waals surface area contributed by atoms with Crippen molar-refractivity contribution in [1.82, 2.24) is 4.90 Å². The van der Waals surface area contributed by atoms with E-state index in [1.165, 1.54) is 0 Å². The van der Waals surface area contributed by atoms with Crippen LogP contribution in [0.25, 0.3) is 0 Å². The Morgan fingerprint density at radius 2 is 1.82 bits per heavy atom. The van der Waals surface area contributed by atoms with E-state index >= 15 is 0 Å². The highest BCUT2D eigenvalue weighted by Gasteiger charge is 2.32. The maximum absolute atomic E-state index is 12.1. The molecule has 0 atom stereocenters. The van der Waals surface area contributed by atoms with Gasteiger partial charge in [-0.1, -0.05) is 20.8 Å². The van der Waals surface area contributed by atoms with Gasteiger partial charge in [-0.05, 0) is 26.7 Å². The maximum atomic E-state index is 12.1. The van der Waals surface area contributed by atoms with Gasteiger partial charge in [0.2, 0.25) is 0 Å². The molecular weight excluding hydrogens is 214 g/mol. The number of carbonyl (C=O) groups is 1. The minimum atomic E-state index is -0.193. The number of likely N-dealkylation sites (tertiary alicyclic amines) is 1. The van der Waals surface area contributed by atoms with Crippen LogP contribution in [0.2, 0.25) is 0 Å². The first-order valence-electron chi connectivity index (χ1n) is 6.69. The quantitative estimate of drug-likeness (QED) is 0.758. The van der Waals surface area contributed by atoms with Crippen molar-refractivity contribution in [3.8, 4) is 0 Å². The van der Waals surface area contributed by atoms with E-state index in [1.807, 2.05) is 20.8 Å². The van der Waals surface area contributed by atoms with E-state index in [0.29, 0.717) is 12.5 Å². The summed E-state index contributed by atoms with van der Waals surface area (Å²) in [5.74, 6) is 0.673. The number of rotatable bonds is 4. The van der Waals surface area contributed by atoms with Crippen molar-refractivity contribution in [3.05, 3.63) is 0 Å². The summed E-state index contributed by atoms with van der Waals surface area (Å²) < 4.78 is 5.59. The van der Waals surface area contributed by atoms with Crippen LogP contribution in [0.3, 0.4) is 0 Å². The highest BCUT2D eigenvalue weighted by molar-refractivity contribution is 5.86. The van der Waals surface area contributed by atoms with Crippen LogP contribution in [-0.4, -0.2) is 36.6 Å². The Kier molecular flexibility index (Phi) is 5.14. The Bertz CT molecular complexity index is 247. The van der Waals surface area contributed by atoms with Gasteiger partial charge in [-0.15, -0.1) is 0 Å². The zero-order valence-electron chi connectivity index (χ0n) is 12.0. The molecule has 0 aromatic rings. The predicted octanol–water partition coefficient (Wildman–Crippen LogP) is 2.70. The molecule has 100 valence electrons. The standard InChI is InChI=1S/C14H27NO2/c1-11(2)17-10-15-8-6-12(7-9-15)13(16)14(3,4)5/h11-12H,6-10H2,1-5H3. The van der Waals surface area contributed by atoms with Crippen molar-refractivity contribution >= 4 is 5.78 Å². The molecule has 0 amide bonds. The molecule has 1 saturated heterocycles. The number of hydrogen-bond acceptors (Lipinski definition) is 3. The van der Waals surface area contributed by atoms with Crippen molar-refractivity contribution in [2.45, 2.75) is 53.6 Å². The van der Waals surface area contributed by atoms with Gasteiger partial charge in [0.15, 0.2) is 0 Å². The first-order chi connectivity index (χ1) is 7.80. The second-order valence-electron chi connectivity index (χ2n) is 6.35. The Hall–Kier alpha value is -0.410. The number of Topliss-reactive ketones (excluding diaryl/α,β-unsaturated/α-hetero) is 1. The van der Waals surface area contributed by atoms with Crippen molar-refractivity contribution in [2.24, 2.45) is 11.3 Å². The van der Waals surface area contributed by atoms with E-state index in [1.54, 1.807) is 0 Å². The third kappa shape index (κ3) is 4.76. The topological polar surface area (TPSA) is 29.5 Å². The van der Waals surface area contributed by atoms with Crippen LogP contribution in [0.1, 0.15) is 47.5 Å². The van der Waals surface area contributed by atoms with E-state index < -0.39 is 0 Å². The normalized spacial score (nSPS) is 19.9. The highest BCUT2D eigenvalue weighted by Crippen LogP contribution is 2.27. The molecule has 1 fully saturated rings. The third-order valence-corrected chi connectivity index (χ3v) is 3.29. The predicted molar refractivity (Wildman–Crippen MR) is 69.8 cm³/mol. The lowest BCUT2D eigenvalue weighted by atomic mass is 9.79. The van der Waals surface area contributed by atoms with Gasteiger partial charge in [-0.25, -0.2) is 0 Å². The first-order valence-corrected chi connectivity index (χ1v) is 6.69. The zero-order chi connectivity index (χ0) is 13.1. The number of piperidine rings is 1. The molecule has 3 nitrogen and oxygen atoms in total. The van der Waals surface area contributed by atoms with Gasteiger partial charge in [0.25, 0.3) is 0 Å². The number of hydrogen-bond donors (Lipinski definition) is 0. The lowest BCUT2D eigenvalue weighted by Gasteiger charge is -2.34. The molecule has 0 saturated carbocycles. The van der Waals surface area contributed by atoms with Crippen LogP contribution in [0.5, 0.6) is 0 Å². The van der Waals surface area contributed by atoms with Crippen LogP contribution in [-0.2, 0) is 9.53 Å². The second-order valence-corrected chi connectivity index (χ2v) is 6.35. The fourth-order valence-electron chi connectivity index (χ4n) is 2.19. The number of ketones is 1. The number of ether oxygens (including phenoxy) is 1. The van der Waals surface area contributed by atoms with E-state index in [0.717, 1.165) is 25.9 Å². The molecule has 1 heterocycles. The van der Waals surface area contributed by atoms with Crippen molar-refractivity contribution in [2.75, 3.05) is 19.8 Å². The van der Waals surface area contributed by atoms with Gasteiger partial charge in [0, 0.05) is 24.4 Å². The summed E-state index contributed by atoms with van der Waals surface area (Å²) in [5, 5.41) is 0. The maximum Gasteiger partial charge on any atom is 0.141 e. The lowest BCUT2D eigenvalue weighted by molar-refractivity contribution is -0.132. The van der Waals surface area contributed by atoms with E-state index in [2.05, 4.69) is 18.7 Å². The molecule has 0 unspecified atom stereocenters. The summed E-state index contributed by atoms with van der Waals surface area (Å²) in [7, 11) is 0. The monoisotopic (exact) mass is 241 g/mol. The summed E-state index contributed by atoms with van der Waals surface area (Å²) in [6.45, 7) is 12.8. The summed E-state index contributed by atoms with van der Waals surface area (Å²) >= 11 is 0. The first kappa shape index (κ1) is 14.7. The number of nitrogens with zero attached hydrogens (tertiary/aromatic N) is 1. The molecule has 1 rings (SSSR count). The fourth-order valence-corrected chi connectivity index (χ4v) is 2.19. The summed E-state index contributed by atoms with van der Waals surface area (Å²) in [5.41, 5.74) is -0.193. The van der Waals surface area contributed by atoms with E-state index in [9.17, 15) is 4.79 Å². The molecule has 1 aliphatic rings. The molecule has 0 bridgehead atoms. The molecule has 0 aromatic heterocycles. The molecule has 0 radical (unpaired) electrons. The Morgan fingerprint density at radius 1 is 1.29 bits per heavy atom. The molecule has 0 aliphatic carbocycles. The molecule has 0 N–H and O–H groups in total. The molecule has 17 heavy (non-hydrogen) atoms. The summed E-state index contributed by atoms with van der Waals surface area (Å²) in [6.07, 6.45) is 2.25. The third-order valence-electron chi connectivity index (χ3n) is 3.29. The van der Waals surface area contributed by atoms with Crippen LogP contribution in [0.4, 0.5) is 0 Å². The fraction of sp³-hybridized carbons (Fsp3) is 0.929. The van der Waals surface area contributed by atoms with Gasteiger partial charge in [0.1, 0.15) is 5.78 Å². The van der Waals surface area contributed by atoms with Crippen LogP contribution in [0, 0.1) is 11.3 Å². The van der Waals surface area contributed by atoms with Crippen LogP contribution in [0.15, 0.2) is 0 Å².